The molecule has 0 saturated carbocycles. The normalized spacial score (nSPS) is 17.2. The van der Waals surface area contributed by atoms with Gasteiger partial charge < -0.3 is 14.9 Å². The maximum atomic E-state index is 11.9. The molecule has 2 aromatic carbocycles. The largest absolute Gasteiger partial charge is 0.489 e. The van der Waals surface area contributed by atoms with E-state index in [9.17, 15) is 15.0 Å². The standard InChI is InChI=1S/C20H23NO4/c22-16-10-12-21(13-11-16)19(20(23)24)17-8-4-5-9-18(17)25-14-15-6-2-1-3-7-15/h1-9,16,19,22H,10-14H2,(H,23,24)/t19-/m0/s1. The number of nitrogens with zero attached hydrogens (tertiary/aromatic N) is 1. The topological polar surface area (TPSA) is 70.0 Å². The predicted octanol–water partition coefficient (Wildman–Crippen LogP) is 2.85. The molecule has 0 radical (unpaired) electrons. The van der Waals surface area contributed by atoms with Crippen LogP contribution in [-0.2, 0) is 11.4 Å². The summed E-state index contributed by atoms with van der Waals surface area (Å²) in [4.78, 5) is 13.9. The van der Waals surface area contributed by atoms with Crippen molar-refractivity contribution in [3.8, 4) is 5.75 Å². The van der Waals surface area contributed by atoms with Crippen LogP contribution in [-0.4, -0.2) is 40.3 Å². The van der Waals surface area contributed by atoms with E-state index in [1.807, 2.05) is 59.5 Å². The lowest BCUT2D eigenvalue weighted by molar-refractivity contribution is -0.144. The Hall–Kier alpha value is -2.37. The highest BCUT2D eigenvalue weighted by Crippen LogP contribution is 2.32. The number of rotatable bonds is 6. The minimum atomic E-state index is -0.896. The molecular weight excluding hydrogens is 318 g/mol. The first kappa shape index (κ1) is 17.5. The Bertz CT molecular complexity index is 696. The lowest BCUT2D eigenvalue weighted by atomic mass is 10.00. The molecule has 2 aromatic rings. The smallest absolute Gasteiger partial charge is 0.325 e. The van der Waals surface area contributed by atoms with Gasteiger partial charge in [-0.3, -0.25) is 9.69 Å². The Morgan fingerprint density at radius 3 is 2.40 bits per heavy atom. The number of hydrogen-bond donors (Lipinski definition) is 2. The quantitative estimate of drug-likeness (QED) is 0.845. The van der Waals surface area contributed by atoms with E-state index < -0.39 is 12.0 Å². The van der Waals surface area contributed by atoms with Crippen molar-refractivity contribution >= 4 is 5.97 Å². The third-order valence-corrected chi connectivity index (χ3v) is 4.55. The first-order chi connectivity index (χ1) is 12.1. The third kappa shape index (κ3) is 4.38. The van der Waals surface area contributed by atoms with E-state index in [2.05, 4.69) is 0 Å². The second-order valence-electron chi connectivity index (χ2n) is 6.32. The predicted molar refractivity (Wildman–Crippen MR) is 94.4 cm³/mol. The summed E-state index contributed by atoms with van der Waals surface area (Å²) in [6, 6.07) is 16.3. The van der Waals surface area contributed by atoms with Gasteiger partial charge in [0.25, 0.3) is 0 Å². The zero-order chi connectivity index (χ0) is 17.6. The average Bonchev–Trinajstić information content (AvgIpc) is 2.63. The van der Waals surface area contributed by atoms with Gasteiger partial charge >= 0.3 is 5.97 Å². The number of hydrogen-bond acceptors (Lipinski definition) is 4. The van der Waals surface area contributed by atoms with Crippen molar-refractivity contribution in [2.24, 2.45) is 0 Å². The summed E-state index contributed by atoms with van der Waals surface area (Å²) < 4.78 is 5.93. The van der Waals surface area contributed by atoms with Crippen LogP contribution in [0.4, 0.5) is 0 Å². The Morgan fingerprint density at radius 1 is 1.08 bits per heavy atom. The lowest BCUT2D eigenvalue weighted by Gasteiger charge is -2.34. The minimum absolute atomic E-state index is 0.338. The van der Waals surface area contributed by atoms with Gasteiger partial charge in [-0.15, -0.1) is 0 Å². The molecule has 0 aromatic heterocycles. The highest BCUT2D eigenvalue weighted by Gasteiger charge is 2.32. The van der Waals surface area contributed by atoms with Crippen molar-refractivity contribution in [2.45, 2.75) is 31.6 Å². The molecule has 25 heavy (non-hydrogen) atoms. The van der Waals surface area contributed by atoms with Gasteiger partial charge in [0.15, 0.2) is 0 Å². The zero-order valence-electron chi connectivity index (χ0n) is 14.0. The van der Waals surface area contributed by atoms with Crippen LogP contribution in [0.25, 0.3) is 0 Å². The molecule has 5 nitrogen and oxygen atoms in total. The molecule has 1 atom stereocenters. The molecule has 2 N–H and O–H groups in total. The summed E-state index contributed by atoms with van der Waals surface area (Å²) in [6.45, 7) is 1.51. The fourth-order valence-corrected chi connectivity index (χ4v) is 3.20. The molecule has 0 aliphatic carbocycles. The summed E-state index contributed by atoms with van der Waals surface area (Å²) >= 11 is 0. The Morgan fingerprint density at radius 2 is 1.72 bits per heavy atom. The number of carbonyl (C=O) groups is 1. The Balaban J connectivity index is 1.80. The van der Waals surface area contributed by atoms with Crippen molar-refractivity contribution in [3.63, 3.8) is 0 Å². The molecule has 1 heterocycles. The number of carboxylic acids is 1. The second-order valence-corrected chi connectivity index (χ2v) is 6.32. The van der Waals surface area contributed by atoms with E-state index in [1.165, 1.54) is 0 Å². The van der Waals surface area contributed by atoms with E-state index in [0.717, 1.165) is 5.56 Å². The van der Waals surface area contributed by atoms with Crippen molar-refractivity contribution in [2.75, 3.05) is 13.1 Å². The van der Waals surface area contributed by atoms with E-state index in [4.69, 9.17) is 4.74 Å². The fourth-order valence-electron chi connectivity index (χ4n) is 3.20. The third-order valence-electron chi connectivity index (χ3n) is 4.55. The molecule has 0 bridgehead atoms. The summed E-state index contributed by atoms with van der Waals surface area (Å²) in [5.41, 5.74) is 1.69. The number of aliphatic carboxylic acids is 1. The molecule has 5 heteroatoms. The summed E-state index contributed by atoms with van der Waals surface area (Å²) in [5, 5.41) is 19.5. The Kier molecular flexibility index (Phi) is 5.68. The van der Waals surface area contributed by atoms with Crippen LogP contribution in [0.2, 0.25) is 0 Å². The van der Waals surface area contributed by atoms with Gasteiger partial charge in [-0.25, -0.2) is 0 Å². The van der Waals surface area contributed by atoms with Crippen LogP contribution in [0.1, 0.15) is 30.0 Å². The van der Waals surface area contributed by atoms with Crippen LogP contribution in [0, 0.1) is 0 Å². The number of piperidine rings is 1. The van der Waals surface area contributed by atoms with Gasteiger partial charge in [-0.2, -0.15) is 0 Å². The monoisotopic (exact) mass is 341 g/mol. The van der Waals surface area contributed by atoms with Crippen molar-refractivity contribution in [3.05, 3.63) is 65.7 Å². The number of para-hydroxylation sites is 1. The molecule has 132 valence electrons. The molecule has 1 aliphatic heterocycles. The molecule has 0 unspecified atom stereocenters. The van der Waals surface area contributed by atoms with Gasteiger partial charge in [0.2, 0.25) is 0 Å². The number of likely N-dealkylation sites (tertiary alicyclic amines) is 1. The van der Waals surface area contributed by atoms with Crippen molar-refractivity contribution < 1.29 is 19.7 Å². The maximum absolute atomic E-state index is 11.9. The molecular formula is C20H23NO4. The van der Waals surface area contributed by atoms with Gasteiger partial charge in [-0.1, -0.05) is 48.5 Å². The molecule has 0 spiro atoms. The SMILES string of the molecule is O=C(O)[C@H](c1ccccc1OCc1ccccc1)N1CCC(O)CC1. The molecule has 0 amide bonds. The number of carboxylic acid groups (broad SMARTS) is 1. The van der Waals surface area contributed by atoms with Crippen LogP contribution in [0.3, 0.4) is 0 Å². The maximum Gasteiger partial charge on any atom is 0.325 e. The van der Waals surface area contributed by atoms with Crippen molar-refractivity contribution in [1.82, 2.24) is 4.90 Å². The lowest BCUT2D eigenvalue weighted by Crippen LogP contribution is -2.41. The number of aliphatic hydroxyl groups is 1. The number of ether oxygens (including phenoxy) is 1. The zero-order valence-corrected chi connectivity index (χ0v) is 14.0. The van der Waals surface area contributed by atoms with Crippen LogP contribution in [0.5, 0.6) is 5.75 Å². The van der Waals surface area contributed by atoms with Crippen LogP contribution >= 0.6 is 0 Å². The summed E-state index contributed by atoms with van der Waals surface area (Å²) in [5.74, 6) is -0.308. The van der Waals surface area contributed by atoms with Crippen molar-refractivity contribution in [1.29, 1.82) is 0 Å². The molecule has 1 aliphatic rings. The first-order valence-corrected chi connectivity index (χ1v) is 8.55. The van der Waals surface area contributed by atoms with E-state index in [-0.39, 0.29) is 6.10 Å². The number of benzene rings is 2. The van der Waals surface area contributed by atoms with Gasteiger partial charge in [0.05, 0.1) is 6.10 Å². The van der Waals surface area contributed by atoms with Crippen LogP contribution < -0.4 is 4.74 Å². The van der Waals surface area contributed by atoms with Crippen LogP contribution in [0.15, 0.2) is 54.6 Å². The van der Waals surface area contributed by atoms with Gasteiger partial charge in [0.1, 0.15) is 18.4 Å². The highest BCUT2D eigenvalue weighted by atomic mass is 16.5. The fraction of sp³-hybridized carbons (Fsp3) is 0.350. The number of aliphatic hydroxyl groups excluding tert-OH is 1. The molecule has 1 fully saturated rings. The van der Waals surface area contributed by atoms with E-state index in [0.29, 0.717) is 43.9 Å². The average molecular weight is 341 g/mol. The van der Waals surface area contributed by atoms with Gasteiger partial charge in [-0.05, 0) is 24.5 Å². The minimum Gasteiger partial charge on any atom is -0.489 e. The highest BCUT2D eigenvalue weighted by molar-refractivity contribution is 5.76. The van der Waals surface area contributed by atoms with E-state index >= 15 is 0 Å². The molecule has 1 saturated heterocycles. The molecule has 3 rings (SSSR count). The van der Waals surface area contributed by atoms with E-state index in [1.54, 1.807) is 0 Å². The second kappa shape index (κ2) is 8.14. The van der Waals surface area contributed by atoms with Gasteiger partial charge in [0, 0.05) is 18.7 Å². The first-order valence-electron chi connectivity index (χ1n) is 8.55. The summed E-state index contributed by atoms with van der Waals surface area (Å²) in [6.07, 6.45) is 0.850. The summed E-state index contributed by atoms with van der Waals surface area (Å²) in [7, 11) is 0. The Labute approximate surface area is 147 Å².